The zero-order chi connectivity index (χ0) is 15.4. The Kier molecular flexibility index (Phi) is 5.48. The molecule has 2 rings (SSSR count). The third-order valence-electron chi connectivity index (χ3n) is 3.52. The maximum absolute atomic E-state index is 12.0. The molecule has 114 valence electrons. The van der Waals surface area contributed by atoms with E-state index in [2.05, 4.69) is 10.1 Å². The van der Waals surface area contributed by atoms with E-state index in [1.165, 1.54) is 7.11 Å². The molecule has 0 aromatic heterocycles. The molecular formula is C15H17Cl2NO3. The van der Waals surface area contributed by atoms with Crippen LogP contribution in [0.25, 0.3) is 0 Å². The van der Waals surface area contributed by atoms with Crippen molar-refractivity contribution in [2.45, 2.75) is 25.2 Å². The Bertz CT molecular complexity index is 527. The lowest BCUT2D eigenvalue weighted by Crippen LogP contribution is -2.26. The monoisotopic (exact) mass is 329 g/mol. The summed E-state index contributed by atoms with van der Waals surface area (Å²) in [5.74, 6) is -0.0949. The quantitative estimate of drug-likeness (QED) is 0.644. The van der Waals surface area contributed by atoms with Crippen LogP contribution in [0.1, 0.15) is 30.7 Å². The summed E-state index contributed by atoms with van der Waals surface area (Å²) >= 11 is 11.9. The average Bonchev–Trinajstić information content (AvgIpc) is 3.22. The predicted molar refractivity (Wildman–Crippen MR) is 81.6 cm³/mol. The van der Waals surface area contributed by atoms with Crippen molar-refractivity contribution in [3.8, 4) is 0 Å². The first-order chi connectivity index (χ1) is 10.0. The summed E-state index contributed by atoms with van der Waals surface area (Å²) in [4.78, 5) is 22.9. The number of halogens is 2. The Labute approximate surface area is 133 Å². The molecule has 0 unspecified atom stereocenters. The van der Waals surface area contributed by atoms with Gasteiger partial charge in [0.25, 0.3) is 0 Å². The molecule has 2 atom stereocenters. The van der Waals surface area contributed by atoms with E-state index in [4.69, 9.17) is 23.2 Å². The van der Waals surface area contributed by atoms with E-state index in [1.807, 2.05) is 12.1 Å². The fraction of sp³-hybridized carbons (Fsp3) is 0.467. The Morgan fingerprint density at radius 2 is 1.95 bits per heavy atom. The minimum Gasteiger partial charge on any atom is -0.469 e. The zero-order valence-electron chi connectivity index (χ0n) is 11.7. The van der Waals surface area contributed by atoms with Crippen LogP contribution >= 0.6 is 23.2 Å². The van der Waals surface area contributed by atoms with E-state index in [0.717, 1.165) is 12.0 Å². The van der Waals surface area contributed by atoms with Crippen LogP contribution in [0.2, 0.25) is 10.0 Å². The van der Waals surface area contributed by atoms with Gasteiger partial charge in [-0.3, -0.25) is 9.59 Å². The van der Waals surface area contributed by atoms with E-state index in [9.17, 15) is 9.59 Å². The Hall–Kier alpha value is -1.26. The molecule has 1 aliphatic rings. The van der Waals surface area contributed by atoms with Gasteiger partial charge in [0.1, 0.15) is 0 Å². The summed E-state index contributed by atoms with van der Waals surface area (Å²) in [7, 11) is 1.35. The first-order valence-corrected chi connectivity index (χ1v) is 7.57. The van der Waals surface area contributed by atoms with Gasteiger partial charge < -0.3 is 10.1 Å². The van der Waals surface area contributed by atoms with Gasteiger partial charge in [0, 0.05) is 28.9 Å². The van der Waals surface area contributed by atoms with Gasteiger partial charge in [0.2, 0.25) is 5.91 Å². The van der Waals surface area contributed by atoms with Crippen LogP contribution < -0.4 is 5.32 Å². The molecule has 0 saturated heterocycles. The third kappa shape index (κ3) is 4.61. The van der Waals surface area contributed by atoms with Crippen LogP contribution in [0.3, 0.4) is 0 Å². The molecule has 1 aromatic rings. The van der Waals surface area contributed by atoms with Gasteiger partial charge in [-0.15, -0.1) is 0 Å². The SMILES string of the molecule is COC(=O)CCCNC(=O)[C@H]1C[C@H]1c1cc(Cl)cc(Cl)c1. The highest BCUT2D eigenvalue weighted by molar-refractivity contribution is 6.34. The minimum absolute atomic E-state index is 0.0148. The fourth-order valence-electron chi connectivity index (χ4n) is 2.32. The molecule has 21 heavy (non-hydrogen) atoms. The largest absolute Gasteiger partial charge is 0.469 e. The second-order valence-electron chi connectivity index (χ2n) is 5.12. The van der Waals surface area contributed by atoms with Crippen LogP contribution in [0.4, 0.5) is 0 Å². The van der Waals surface area contributed by atoms with E-state index in [0.29, 0.717) is 29.4 Å². The van der Waals surface area contributed by atoms with Gasteiger partial charge in [-0.1, -0.05) is 23.2 Å². The maximum Gasteiger partial charge on any atom is 0.305 e. The molecule has 1 aromatic carbocycles. The first kappa shape index (κ1) is 16.1. The molecule has 1 saturated carbocycles. The number of hydrogen-bond donors (Lipinski definition) is 1. The zero-order valence-corrected chi connectivity index (χ0v) is 13.2. The molecule has 0 aliphatic heterocycles. The molecule has 1 aliphatic carbocycles. The summed E-state index contributed by atoms with van der Waals surface area (Å²) in [5.41, 5.74) is 1.00. The lowest BCUT2D eigenvalue weighted by molar-refractivity contribution is -0.140. The van der Waals surface area contributed by atoms with Gasteiger partial charge in [-0.05, 0) is 42.5 Å². The van der Waals surface area contributed by atoms with Gasteiger partial charge in [0.05, 0.1) is 7.11 Å². The molecule has 0 spiro atoms. The van der Waals surface area contributed by atoms with Crippen LogP contribution in [0, 0.1) is 5.92 Å². The number of carbonyl (C=O) groups excluding carboxylic acids is 2. The molecule has 1 N–H and O–H groups in total. The Balaban J connectivity index is 1.77. The summed E-state index contributed by atoms with van der Waals surface area (Å²) < 4.78 is 4.54. The second kappa shape index (κ2) is 7.14. The molecule has 0 radical (unpaired) electrons. The number of hydrogen-bond acceptors (Lipinski definition) is 3. The van der Waals surface area contributed by atoms with Gasteiger partial charge in [-0.25, -0.2) is 0 Å². The van der Waals surface area contributed by atoms with Gasteiger partial charge in [0.15, 0.2) is 0 Å². The number of benzene rings is 1. The predicted octanol–water partition coefficient (Wildman–Crippen LogP) is 3.17. The van der Waals surface area contributed by atoms with Crippen molar-refractivity contribution in [2.24, 2.45) is 5.92 Å². The number of carbonyl (C=O) groups is 2. The van der Waals surface area contributed by atoms with Crippen molar-refractivity contribution in [3.05, 3.63) is 33.8 Å². The second-order valence-corrected chi connectivity index (χ2v) is 6.00. The highest BCUT2D eigenvalue weighted by Crippen LogP contribution is 2.48. The summed E-state index contributed by atoms with van der Waals surface area (Å²) in [5, 5.41) is 4.01. The highest BCUT2D eigenvalue weighted by Gasteiger charge is 2.43. The van der Waals surface area contributed by atoms with E-state index in [1.54, 1.807) is 6.07 Å². The topological polar surface area (TPSA) is 55.4 Å². The number of rotatable bonds is 6. The number of nitrogens with one attached hydrogen (secondary N) is 1. The minimum atomic E-state index is -0.262. The number of methoxy groups -OCH3 is 1. The van der Waals surface area contributed by atoms with E-state index >= 15 is 0 Å². The number of esters is 1. The van der Waals surface area contributed by atoms with Crippen molar-refractivity contribution >= 4 is 35.1 Å². The van der Waals surface area contributed by atoms with Crippen molar-refractivity contribution in [1.29, 1.82) is 0 Å². The standard InChI is InChI=1S/C15H17Cl2NO3/c1-21-14(19)3-2-4-18-15(20)13-8-12(13)9-5-10(16)7-11(17)6-9/h5-7,12-13H,2-4,8H2,1H3,(H,18,20)/t12-,13-/m0/s1. The molecule has 6 heteroatoms. The molecular weight excluding hydrogens is 313 g/mol. The van der Waals surface area contributed by atoms with Crippen LogP contribution in [-0.2, 0) is 14.3 Å². The fourth-order valence-corrected chi connectivity index (χ4v) is 2.86. The van der Waals surface area contributed by atoms with Crippen LogP contribution in [0.15, 0.2) is 18.2 Å². The van der Waals surface area contributed by atoms with Gasteiger partial charge in [-0.2, -0.15) is 0 Å². The molecule has 0 heterocycles. The van der Waals surface area contributed by atoms with Crippen molar-refractivity contribution < 1.29 is 14.3 Å². The number of ether oxygens (including phenoxy) is 1. The smallest absolute Gasteiger partial charge is 0.305 e. The maximum atomic E-state index is 12.0. The summed E-state index contributed by atoms with van der Waals surface area (Å²) in [6, 6.07) is 5.38. The molecule has 0 bridgehead atoms. The average molecular weight is 330 g/mol. The highest BCUT2D eigenvalue weighted by atomic mass is 35.5. The molecule has 1 fully saturated rings. The van der Waals surface area contributed by atoms with Gasteiger partial charge >= 0.3 is 5.97 Å². The summed E-state index contributed by atoms with van der Waals surface area (Å²) in [6.07, 6.45) is 1.70. The van der Waals surface area contributed by atoms with E-state index < -0.39 is 0 Å². The summed E-state index contributed by atoms with van der Waals surface area (Å²) in [6.45, 7) is 0.480. The lowest BCUT2D eigenvalue weighted by Gasteiger charge is -2.05. The van der Waals surface area contributed by atoms with E-state index in [-0.39, 0.29) is 23.7 Å². The third-order valence-corrected chi connectivity index (χ3v) is 3.96. The van der Waals surface area contributed by atoms with Crippen molar-refractivity contribution in [2.75, 3.05) is 13.7 Å². The Morgan fingerprint density at radius 3 is 2.57 bits per heavy atom. The van der Waals surface area contributed by atoms with Crippen molar-refractivity contribution in [1.82, 2.24) is 5.32 Å². The first-order valence-electron chi connectivity index (χ1n) is 6.81. The molecule has 4 nitrogen and oxygen atoms in total. The normalized spacial score (nSPS) is 20.0. The van der Waals surface area contributed by atoms with Crippen LogP contribution in [-0.4, -0.2) is 25.5 Å². The lowest BCUT2D eigenvalue weighted by atomic mass is 10.1. The molecule has 1 amide bonds. The van der Waals surface area contributed by atoms with Crippen molar-refractivity contribution in [3.63, 3.8) is 0 Å². The van der Waals surface area contributed by atoms with Crippen LogP contribution in [0.5, 0.6) is 0 Å². The Morgan fingerprint density at radius 1 is 1.29 bits per heavy atom. The number of amides is 1.